The largest absolute Gasteiger partial charge is 0.490 e. The van der Waals surface area contributed by atoms with Gasteiger partial charge in [0.05, 0.1) is 23.0 Å². The molecule has 2 aromatic heterocycles. The smallest absolute Gasteiger partial charge is 0.134 e. The summed E-state index contributed by atoms with van der Waals surface area (Å²) in [5.41, 5.74) is 0. The van der Waals surface area contributed by atoms with Gasteiger partial charge in [-0.05, 0) is 29.4 Å². The highest BCUT2D eigenvalue weighted by Crippen LogP contribution is 2.30. The van der Waals surface area contributed by atoms with E-state index in [4.69, 9.17) is 14.2 Å². The summed E-state index contributed by atoms with van der Waals surface area (Å²) in [4.78, 5) is 4.97. The lowest BCUT2D eigenvalue weighted by molar-refractivity contribution is 0.0752. The molecule has 4 nitrogen and oxygen atoms in total. The lowest BCUT2D eigenvalue weighted by atomic mass is 10.3. The Labute approximate surface area is 139 Å². The topological polar surface area (TPSA) is 30.9 Å². The molecule has 22 heavy (non-hydrogen) atoms. The van der Waals surface area contributed by atoms with Crippen LogP contribution in [0, 0.1) is 0 Å². The Morgan fingerprint density at radius 3 is 1.95 bits per heavy atom. The van der Waals surface area contributed by atoms with Crippen molar-refractivity contribution in [3.05, 3.63) is 32.6 Å². The third-order valence-corrected chi connectivity index (χ3v) is 5.34. The van der Waals surface area contributed by atoms with Crippen LogP contribution in [0.15, 0.2) is 22.9 Å². The lowest BCUT2D eigenvalue weighted by Gasteiger charge is -2.21. The second kappa shape index (κ2) is 7.97. The molecule has 0 aromatic carbocycles. The molecule has 3 rings (SSSR count). The molecule has 2 aromatic rings. The van der Waals surface area contributed by atoms with Gasteiger partial charge >= 0.3 is 0 Å². The first-order valence-corrected chi connectivity index (χ1v) is 9.31. The van der Waals surface area contributed by atoms with E-state index >= 15 is 0 Å². The minimum atomic E-state index is 0.583. The van der Waals surface area contributed by atoms with Crippen molar-refractivity contribution < 1.29 is 14.2 Å². The maximum Gasteiger partial charge on any atom is 0.134 e. The fraction of sp³-hybridized carbons (Fsp3) is 0.500. The molecule has 1 aliphatic rings. The highest BCUT2D eigenvalue weighted by molar-refractivity contribution is 7.10. The minimum absolute atomic E-state index is 0.583. The standard InChI is InChI=1S/C16H21NO3S2/c1-2-17-11-15-13(3-9-21-15)19-7-5-18-6-8-20-14-4-10-22-16(14)12-17/h3-4,9-10H,2,5-8,11-12H2,1H3. The zero-order valence-electron chi connectivity index (χ0n) is 12.7. The van der Waals surface area contributed by atoms with E-state index < -0.39 is 0 Å². The molecule has 0 N–H and O–H groups in total. The van der Waals surface area contributed by atoms with Crippen molar-refractivity contribution in [2.45, 2.75) is 20.0 Å². The monoisotopic (exact) mass is 339 g/mol. The highest BCUT2D eigenvalue weighted by atomic mass is 32.1. The molecule has 0 saturated heterocycles. The number of rotatable bonds is 1. The van der Waals surface area contributed by atoms with Crippen LogP contribution in [0.1, 0.15) is 16.7 Å². The van der Waals surface area contributed by atoms with Crippen LogP contribution in [0.4, 0.5) is 0 Å². The summed E-state index contributed by atoms with van der Waals surface area (Å²) in [6, 6.07) is 4.11. The van der Waals surface area contributed by atoms with Crippen LogP contribution in [0.25, 0.3) is 0 Å². The van der Waals surface area contributed by atoms with Gasteiger partial charge in [-0.2, -0.15) is 0 Å². The first-order valence-electron chi connectivity index (χ1n) is 7.55. The Kier molecular flexibility index (Phi) is 5.72. The molecule has 3 heterocycles. The van der Waals surface area contributed by atoms with E-state index in [1.165, 1.54) is 9.75 Å². The molecule has 0 saturated carbocycles. The van der Waals surface area contributed by atoms with Crippen molar-refractivity contribution in [3.8, 4) is 11.5 Å². The highest BCUT2D eigenvalue weighted by Gasteiger charge is 2.15. The first-order chi connectivity index (χ1) is 10.9. The molecule has 0 bridgehead atoms. The zero-order valence-corrected chi connectivity index (χ0v) is 14.4. The normalized spacial score (nSPS) is 17.7. The van der Waals surface area contributed by atoms with E-state index in [1.54, 1.807) is 22.7 Å². The van der Waals surface area contributed by atoms with Crippen molar-refractivity contribution in [3.63, 3.8) is 0 Å². The van der Waals surface area contributed by atoms with Crippen molar-refractivity contribution in [2.24, 2.45) is 0 Å². The second-order valence-electron chi connectivity index (χ2n) is 5.03. The van der Waals surface area contributed by atoms with Gasteiger partial charge in [0.2, 0.25) is 0 Å². The SMILES string of the molecule is CCN1Cc2sccc2OCCOCCOc2ccsc2C1. The molecule has 0 atom stereocenters. The van der Waals surface area contributed by atoms with Crippen molar-refractivity contribution in [2.75, 3.05) is 33.0 Å². The van der Waals surface area contributed by atoms with E-state index in [2.05, 4.69) is 34.7 Å². The molecule has 0 unspecified atom stereocenters. The molecule has 0 amide bonds. The number of hydrogen-bond donors (Lipinski definition) is 0. The van der Waals surface area contributed by atoms with E-state index in [1.807, 2.05) is 0 Å². The summed E-state index contributed by atoms with van der Waals surface area (Å²) in [6.07, 6.45) is 0. The van der Waals surface area contributed by atoms with E-state index in [9.17, 15) is 0 Å². The molecule has 0 aliphatic carbocycles. The van der Waals surface area contributed by atoms with Gasteiger partial charge < -0.3 is 14.2 Å². The van der Waals surface area contributed by atoms with Gasteiger partial charge in [-0.3, -0.25) is 4.90 Å². The Morgan fingerprint density at radius 1 is 0.909 bits per heavy atom. The van der Waals surface area contributed by atoms with E-state index in [0.717, 1.165) is 31.1 Å². The van der Waals surface area contributed by atoms with Crippen LogP contribution >= 0.6 is 22.7 Å². The number of ether oxygens (including phenoxy) is 3. The summed E-state index contributed by atoms with van der Waals surface area (Å²) in [7, 11) is 0. The van der Waals surface area contributed by atoms with Crippen LogP contribution in [0.2, 0.25) is 0 Å². The fourth-order valence-electron chi connectivity index (χ4n) is 2.35. The molecular weight excluding hydrogens is 318 g/mol. The van der Waals surface area contributed by atoms with Gasteiger partial charge in [-0.1, -0.05) is 6.92 Å². The summed E-state index contributed by atoms with van der Waals surface area (Å²) in [5, 5.41) is 4.19. The summed E-state index contributed by atoms with van der Waals surface area (Å²) in [6.45, 7) is 7.35. The fourth-order valence-corrected chi connectivity index (χ4v) is 4.07. The van der Waals surface area contributed by atoms with Gasteiger partial charge in [0.1, 0.15) is 24.7 Å². The number of hydrogen-bond acceptors (Lipinski definition) is 6. The predicted octanol–water partition coefficient (Wildman–Crippen LogP) is 3.62. The molecule has 6 heteroatoms. The number of thiophene rings is 2. The zero-order chi connectivity index (χ0) is 15.2. The second-order valence-corrected chi connectivity index (χ2v) is 7.03. The van der Waals surface area contributed by atoms with Crippen LogP contribution in [0.3, 0.4) is 0 Å². The summed E-state index contributed by atoms with van der Waals surface area (Å²) < 4.78 is 17.2. The lowest BCUT2D eigenvalue weighted by Crippen LogP contribution is -2.22. The maximum atomic E-state index is 5.84. The predicted molar refractivity (Wildman–Crippen MR) is 90.2 cm³/mol. The first kappa shape index (κ1) is 15.8. The quantitative estimate of drug-likeness (QED) is 0.794. The molecule has 0 fully saturated rings. The van der Waals surface area contributed by atoms with Gasteiger partial charge in [-0.25, -0.2) is 0 Å². The average molecular weight is 339 g/mol. The molecular formula is C16H21NO3S2. The van der Waals surface area contributed by atoms with Gasteiger partial charge in [0.25, 0.3) is 0 Å². The summed E-state index contributed by atoms with van der Waals surface area (Å²) >= 11 is 3.51. The van der Waals surface area contributed by atoms with Crippen molar-refractivity contribution >= 4 is 22.7 Å². The molecule has 120 valence electrons. The number of fused-ring (bicyclic) bond motifs is 2. The Hall–Kier alpha value is -1.08. The average Bonchev–Trinajstić information content (AvgIpc) is 3.15. The van der Waals surface area contributed by atoms with E-state index in [0.29, 0.717) is 26.4 Å². The third kappa shape index (κ3) is 4.01. The van der Waals surface area contributed by atoms with Crippen LogP contribution in [-0.4, -0.2) is 37.9 Å². The van der Waals surface area contributed by atoms with Gasteiger partial charge in [0.15, 0.2) is 0 Å². The molecule has 1 aliphatic heterocycles. The Morgan fingerprint density at radius 2 is 1.45 bits per heavy atom. The third-order valence-electron chi connectivity index (χ3n) is 3.56. The van der Waals surface area contributed by atoms with Gasteiger partial charge in [0, 0.05) is 13.1 Å². The Balaban J connectivity index is 1.78. The van der Waals surface area contributed by atoms with Gasteiger partial charge in [-0.15, -0.1) is 22.7 Å². The van der Waals surface area contributed by atoms with Crippen molar-refractivity contribution in [1.29, 1.82) is 0 Å². The van der Waals surface area contributed by atoms with Crippen molar-refractivity contribution in [1.82, 2.24) is 4.90 Å². The molecule has 0 spiro atoms. The number of nitrogens with zero attached hydrogens (tertiary/aromatic N) is 1. The van der Waals surface area contributed by atoms with E-state index in [-0.39, 0.29) is 0 Å². The molecule has 0 radical (unpaired) electrons. The summed E-state index contributed by atoms with van der Waals surface area (Å²) in [5.74, 6) is 1.98. The minimum Gasteiger partial charge on any atom is -0.490 e. The van der Waals surface area contributed by atoms with Crippen LogP contribution in [0.5, 0.6) is 11.5 Å². The van der Waals surface area contributed by atoms with Crippen LogP contribution in [-0.2, 0) is 17.8 Å². The Bertz CT molecular complexity index is 533. The van der Waals surface area contributed by atoms with Crippen LogP contribution < -0.4 is 9.47 Å². The maximum absolute atomic E-state index is 5.84.